The van der Waals surface area contributed by atoms with Crippen LogP contribution in [0.25, 0.3) is 0 Å². The van der Waals surface area contributed by atoms with Gasteiger partial charge in [0.1, 0.15) is 0 Å². The van der Waals surface area contributed by atoms with E-state index in [4.69, 9.17) is 4.74 Å². The first kappa shape index (κ1) is 12.0. The molecule has 1 aliphatic rings. The number of nitrogens with one attached hydrogen (secondary N) is 1. The van der Waals surface area contributed by atoms with Gasteiger partial charge in [0.15, 0.2) is 0 Å². The van der Waals surface area contributed by atoms with Crippen molar-refractivity contribution in [3.8, 4) is 0 Å². The molecule has 0 aromatic rings. The lowest BCUT2D eigenvalue weighted by atomic mass is 9.87. The minimum Gasteiger partial charge on any atom is -0.384 e. The first-order chi connectivity index (χ1) is 6.72. The van der Waals surface area contributed by atoms with Crippen molar-refractivity contribution in [2.24, 2.45) is 11.8 Å². The average molecular weight is 199 g/mol. The zero-order valence-corrected chi connectivity index (χ0v) is 9.88. The van der Waals surface area contributed by atoms with Gasteiger partial charge in [0.2, 0.25) is 0 Å². The van der Waals surface area contributed by atoms with Crippen molar-refractivity contribution in [2.45, 2.75) is 45.6 Å². The standard InChI is InChI=1S/C12H25NO/c1-10-4-6-12(7-5-10)13-8-11(2)9-14-3/h10-13H,4-9H2,1-3H3. The molecular weight excluding hydrogens is 174 g/mol. The van der Waals surface area contributed by atoms with Crippen LogP contribution in [0.5, 0.6) is 0 Å². The van der Waals surface area contributed by atoms with Gasteiger partial charge in [0.05, 0.1) is 0 Å². The normalized spacial score (nSPS) is 30.2. The van der Waals surface area contributed by atoms with Crippen molar-refractivity contribution in [3.05, 3.63) is 0 Å². The van der Waals surface area contributed by atoms with Crippen LogP contribution in [0.2, 0.25) is 0 Å². The van der Waals surface area contributed by atoms with Gasteiger partial charge in [0, 0.05) is 26.3 Å². The molecule has 0 amide bonds. The van der Waals surface area contributed by atoms with Gasteiger partial charge in [-0.05, 0) is 37.5 Å². The van der Waals surface area contributed by atoms with Crippen LogP contribution in [0.1, 0.15) is 39.5 Å². The molecule has 0 heterocycles. The Bertz CT molecular complexity index is 141. The Balaban J connectivity index is 2.06. The minimum absolute atomic E-state index is 0.638. The molecule has 0 spiro atoms. The minimum atomic E-state index is 0.638. The number of hydrogen-bond donors (Lipinski definition) is 1. The monoisotopic (exact) mass is 199 g/mol. The summed E-state index contributed by atoms with van der Waals surface area (Å²) in [6.45, 7) is 6.58. The summed E-state index contributed by atoms with van der Waals surface area (Å²) in [6, 6.07) is 0.769. The summed E-state index contributed by atoms with van der Waals surface area (Å²) in [5.74, 6) is 1.59. The fourth-order valence-electron chi connectivity index (χ4n) is 2.18. The van der Waals surface area contributed by atoms with Gasteiger partial charge in [-0.2, -0.15) is 0 Å². The lowest BCUT2D eigenvalue weighted by Gasteiger charge is -2.28. The summed E-state index contributed by atoms with van der Waals surface area (Å²) in [7, 11) is 1.78. The molecule has 1 aliphatic carbocycles. The first-order valence-corrected chi connectivity index (χ1v) is 5.94. The van der Waals surface area contributed by atoms with Crippen molar-refractivity contribution in [1.82, 2.24) is 5.32 Å². The van der Waals surface area contributed by atoms with Crippen LogP contribution in [0, 0.1) is 11.8 Å². The molecule has 1 atom stereocenters. The van der Waals surface area contributed by atoms with Crippen molar-refractivity contribution in [1.29, 1.82) is 0 Å². The molecule has 0 aromatic carbocycles. The van der Waals surface area contributed by atoms with E-state index >= 15 is 0 Å². The SMILES string of the molecule is COCC(C)CNC1CCC(C)CC1. The molecule has 14 heavy (non-hydrogen) atoms. The molecule has 0 saturated heterocycles. The summed E-state index contributed by atoms with van der Waals surface area (Å²) in [6.07, 6.45) is 5.52. The van der Waals surface area contributed by atoms with Crippen LogP contribution in [0.4, 0.5) is 0 Å². The number of hydrogen-bond acceptors (Lipinski definition) is 2. The van der Waals surface area contributed by atoms with Gasteiger partial charge in [-0.15, -0.1) is 0 Å². The Hall–Kier alpha value is -0.0800. The lowest BCUT2D eigenvalue weighted by Crippen LogP contribution is -2.36. The highest BCUT2D eigenvalue weighted by atomic mass is 16.5. The highest BCUT2D eigenvalue weighted by Gasteiger charge is 2.17. The van der Waals surface area contributed by atoms with E-state index in [0.717, 1.165) is 25.1 Å². The maximum Gasteiger partial charge on any atom is 0.0499 e. The van der Waals surface area contributed by atoms with Crippen LogP contribution in [0.15, 0.2) is 0 Å². The van der Waals surface area contributed by atoms with Gasteiger partial charge in [0.25, 0.3) is 0 Å². The molecule has 0 bridgehead atoms. The van der Waals surface area contributed by atoms with E-state index in [1.54, 1.807) is 7.11 Å². The number of methoxy groups -OCH3 is 1. The van der Waals surface area contributed by atoms with Gasteiger partial charge in [-0.25, -0.2) is 0 Å². The third-order valence-electron chi connectivity index (χ3n) is 3.22. The Morgan fingerprint density at radius 2 is 1.93 bits per heavy atom. The van der Waals surface area contributed by atoms with E-state index in [0.29, 0.717) is 5.92 Å². The van der Waals surface area contributed by atoms with Crippen molar-refractivity contribution < 1.29 is 4.74 Å². The molecule has 2 nitrogen and oxygen atoms in total. The highest BCUT2D eigenvalue weighted by molar-refractivity contribution is 4.75. The van der Waals surface area contributed by atoms with Gasteiger partial charge < -0.3 is 10.1 Å². The van der Waals surface area contributed by atoms with Crippen molar-refractivity contribution >= 4 is 0 Å². The molecule has 0 aliphatic heterocycles. The quantitative estimate of drug-likeness (QED) is 0.734. The largest absolute Gasteiger partial charge is 0.384 e. The molecule has 1 unspecified atom stereocenters. The summed E-state index contributed by atoms with van der Waals surface area (Å²) >= 11 is 0. The maximum absolute atomic E-state index is 5.12. The second-order valence-corrected chi connectivity index (χ2v) is 4.93. The Morgan fingerprint density at radius 3 is 2.50 bits per heavy atom. The van der Waals surface area contributed by atoms with Gasteiger partial charge in [-0.1, -0.05) is 13.8 Å². The molecule has 1 rings (SSSR count). The first-order valence-electron chi connectivity index (χ1n) is 5.94. The molecular formula is C12H25NO. The molecule has 84 valence electrons. The van der Waals surface area contributed by atoms with E-state index in [1.165, 1.54) is 25.7 Å². The molecule has 0 aromatic heterocycles. The maximum atomic E-state index is 5.12. The lowest BCUT2D eigenvalue weighted by molar-refractivity contribution is 0.154. The second-order valence-electron chi connectivity index (χ2n) is 4.93. The Kier molecular flexibility index (Phi) is 5.49. The van der Waals surface area contributed by atoms with Gasteiger partial charge >= 0.3 is 0 Å². The molecule has 1 fully saturated rings. The van der Waals surface area contributed by atoms with Crippen LogP contribution in [0.3, 0.4) is 0 Å². The molecule has 1 saturated carbocycles. The van der Waals surface area contributed by atoms with Crippen molar-refractivity contribution in [2.75, 3.05) is 20.3 Å². The summed E-state index contributed by atoms with van der Waals surface area (Å²) in [5, 5.41) is 3.65. The summed E-state index contributed by atoms with van der Waals surface area (Å²) in [5.41, 5.74) is 0. The Labute approximate surface area is 88.4 Å². The number of rotatable bonds is 5. The van der Waals surface area contributed by atoms with E-state index in [1.807, 2.05) is 0 Å². The molecule has 2 heteroatoms. The average Bonchev–Trinajstić information content (AvgIpc) is 2.17. The summed E-state index contributed by atoms with van der Waals surface area (Å²) in [4.78, 5) is 0. The predicted molar refractivity (Wildman–Crippen MR) is 60.5 cm³/mol. The fourth-order valence-corrected chi connectivity index (χ4v) is 2.18. The fraction of sp³-hybridized carbons (Fsp3) is 1.00. The topological polar surface area (TPSA) is 21.3 Å². The Morgan fingerprint density at radius 1 is 1.29 bits per heavy atom. The van der Waals surface area contributed by atoms with E-state index in [-0.39, 0.29) is 0 Å². The van der Waals surface area contributed by atoms with Crippen LogP contribution in [-0.2, 0) is 4.74 Å². The highest BCUT2D eigenvalue weighted by Crippen LogP contribution is 2.23. The zero-order chi connectivity index (χ0) is 10.4. The van der Waals surface area contributed by atoms with E-state index < -0.39 is 0 Å². The van der Waals surface area contributed by atoms with Crippen LogP contribution >= 0.6 is 0 Å². The molecule has 1 N–H and O–H groups in total. The van der Waals surface area contributed by atoms with Crippen LogP contribution < -0.4 is 5.32 Å². The summed E-state index contributed by atoms with van der Waals surface area (Å²) < 4.78 is 5.12. The van der Waals surface area contributed by atoms with E-state index in [9.17, 15) is 0 Å². The zero-order valence-electron chi connectivity index (χ0n) is 9.88. The third kappa shape index (κ3) is 4.43. The van der Waals surface area contributed by atoms with Crippen LogP contribution in [-0.4, -0.2) is 26.3 Å². The predicted octanol–water partition coefficient (Wildman–Crippen LogP) is 2.44. The number of ether oxygens (including phenoxy) is 1. The van der Waals surface area contributed by atoms with Crippen molar-refractivity contribution in [3.63, 3.8) is 0 Å². The third-order valence-corrected chi connectivity index (χ3v) is 3.22. The molecule has 0 radical (unpaired) electrons. The van der Waals surface area contributed by atoms with E-state index in [2.05, 4.69) is 19.2 Å². The smallest absolute Gasteiger partial charge is 0.0499 e. The second kappa shape index (κ2) is 6.41. The van der Waals surface area contributed by atoms with Gasteiger partial charge in [-0.3, -0.25) is 0 Å².